The minimum atomic E-state index is -3.56. The Balaban J connectivity index is 1.88. The van der Waals surface area contributed by atoms with Gasteiger partial charge in [0.1, 0.15) is 6.04 Å². The number of carbonyl (C=O) groups excluding carboxylic acids is 2. The third-order valence-electron chi connectivity index (χ3n) is 6.47. The molecular formula is C31H38ClN3O4S. The third-order valence-corrected chi connectivity index (χ3v) is 8.04. The summed E-state index contributed by atoms with van der Waals surface area (Å²) in [5.41, 5.74) is 3.22. The molecule has 1 atom stereocenters. The number of nitrogens with zero attached hydrogens (tertiary/aromatic N) is 2. The van der Waals surface area contributed by atoms with Gasteiger partial charge in [0.15, 0.2) is 0 Å². The van der Waals surface area contributed by atoms with E-state index in [0.717, 1.165) is 22.9 Å². The van der Waals surface area contributed by atoms with E-state index in [1.54, 1.807) is 23.1 Å². The second-order valence-electron chi connectivity index (χ2n) is 10.3. The number of rotatable bonds is 13. The molecule has 40 heavy (non-hydrogen) atoms. The zero-order valence-corrected chi connectivity index (χ0v) is 25.1. The smallest absolute Gasteiger partial charge is 0.243 e. The summed E-state index contributed by atoms with van der Waals surface area (Å²) in [6.45, 7) is 5.97. The third kappa shape index (κ3) is 9.10. The van der Waals surface area contributed by atoms with E-state index in [1.165, 1.54) is 4.31 Å². The van der Waals surface area contributed by atoms with Crippen molar-refractivity contribution in [3.63, 3.8) is 0 Å². The van der Waals surface area contributed by atoms with Crippen molar-refractivity contribution in [3.05, 3.63) is 101 Å². The molecule has 0 saturated heterocycles. The van der Waals surface area contributed by atoms with E-state index in [4.69, 9.17) is 11.6 Å². The molecule has 3 aromatic rings. The number of nitrogens with one attached hydrogen (secondary N) is 1. The summed E-state index contributed by atoms with van der Waals surface area (Å²) in [4.78, 5) is 28.9. The van der Waals surface area contributed by atoms with Crippen LogP contribution in [-0.2, 0) is 32.6 Å². The van der Waals surface area contributed by atoms with Gasteiger partial charge in [-0.15, -0.1) is 0 Å². The van der Waals surface area contributed by atoms with Gasteiger partial charge in [-0.05, 0) is 56.5 Å². The Labute approximate surface area is 243 Å². The lowest BCUT2D eigenvalue weighted by Gasteiger charge is -2.32. The van der Waals surface area contributed by atoms with Gasteiger partial charge in [-0.3, -0.25) is 13.9 Å². The van der Waals surface area contributed by atoms with E-state index in [0.29, 0.717) is 17.1 Å². The molecule has 1 N–H and O–H groups in total. The van der Waals surface area contributed by atoms with Gasteiger partial charge < -0.3 is 10.2 Å². The molecule has 0 bridgehead atoms. The van der Waals surface area contributed by atoms with Gasteiger partial charge in [0.05, 0.1) is 11.9 Å². The molecule has 0 heterocycles. The molecule has 3 aromatic carbocycles. The maximum Gasteiger partial charge on any atom is 0.243 e. The molecule has 3 rings (SSSR count). The van der Waals surface area contributed by atoms with Crippen LogP contribution in [0, 0.1) is 6.92 Å². The Bertz CT molecular complexity index is 1380. The van der Waals surface area contributed by atoms with E-state index in [9.17, 15) is 18.0 Å². The topological polar surface area (TPSA) is 86.8 Å². The van der Waals surface area contributed by atoms with Crippen LogP contribution in [0.5, 0.6) is 0 Å². The highest BCUT2D eigenvalue weighted by Crippen LogP contribution is 2.23. The van der Waals surface area contributed by atoms with E-state index in [1.807, 2.05) is 81.4 Å². The van der Waals surface area contributed by atoms with Crippen LogP contribution in [0.15, 0.2) is 78.9 Å². The van der Waals surface area contributed by atoms with Crippen LogP contribution in [0.25, 0.3) is 0 Å². The highest BCUT2D eigenvalue weighted by Gasteiger charge is 2.31. The maximum atomic E-state index is 13.8. The van der Waals surface area contributed by atoms with Gasteiger partial charge in [-0.25, -0.2) is 8.42 Å². The van der Waals surface area contributed by atoms with Crippen LogP contribution in [-0.4, -0.2) is 50.0 Å². The van der Waals surface area contributed by atoms with Crippen molar-refractivity contribution in [2.75, 3.05) is 17.1 Å². The van der Waals surface area contributed by atoms with E-state index >= 15 is 0 Å². The first-order valence-corrected chi connectivity index (χ1v) is 15.6. The minimum Gasteiger partial charge on any atom is -0.352 e. The van der Waals surface area contributed by atoms with E-state index in [-0.39, 0.29) is 43.8 Å². The molecule has 0 aliphatic heterocycles. The van der Waals surface area contributed by atoms with Crippen LogP contribution < -0.4 is 9.62 Å². The van der Waals surface area contributed by atoms with Crippen LogP contribution in [0.1, 0.15) is 43.4 Å². The number of hydrogen-bond donors (Lipinski definition) is 1. The van der Waals surface area contributed by atoms with Gasteiger partial charge in [-0.1, -0.05) is 77.8 Å². The Morgan fingerprint density at radius 3 is 2.15 bits per heavy atom. The lowest BCUT2D eigenvalue weighted by Crippen LogP contribution is -2.51. The van der Waals surface area contributed by atoms with Crippen molar-refractivity contribution in [2.45, 2.75) is 58.7 Å². The number of hydrogen-bond acceptors (Lipinski definition) is 4. The molecule has 7 nitrogen and oxygen atoms in total. The Hall–Kier alpha value is -3.36. The molecule has 0 fully saturated rings. The monoisotopic (exact) mass is 583 g/mol. The minimum absolute atomic E-state index is 0.0581. The van der Waals surface area contributed by atoms with Crippen LogP contribution in [0.4, 0.5) is 5.69 Å². The second kappa shape index (κ2) is 14.3. The van der Waals surface area contributed by atoms with Crippen molar-refractivity contribution in [2.24, 2.45) is 0 Å². The highest BCUT2D eigenvalue weighted by atomic mass is 35.5. The van der Waals surface area contributed by atoms with Gasteiger partial charge >= 0.3 is 0 Å². The fraction of sp³-hybridized carbons (Fsp3) is 0.355. The van der Waals surface area contributed by atoms with Gasteiger partial charge in [0.2, 0.25) is 21.8 Å². The summed E-state index contributed by atoms with van der Waals surface area (Å²) < 4.78 is 26.5. The zero-order chi connectivity index (χ0) is 29.3. The predicted molar refractivity (Wildman–Crippen MR) is 162 cm³/mol. The Kier molecular flexibility index (Phi) is 11.2. The Morgan fingerprint density at radius 1 is 0.925 bits per heavy atom. The van der Waals surface area contributed by atoms with Crippen LogP contribution in [0.3, 0.4) is 0 Å². The van der Waals surface area contributed by atoms with Gasteiger partial charge in [0.25, 0.3) is 0 Å². The first-order chi connectivity index (χ1) is 19.0. The van der Waals surface area contributed by atoms with Gasteiger partial charge in [0, 0.05) is 37.0 Å². The van der Waals surface area contributed by atoms with Crippen molar-refractivity contribution in [1.29, 1.82) is 0 Å². The molecular weight excluding hydrogens is 546 g/mol. The van der Waals surface area contributed by atoms with Crippen molar-refractivity contribution in [1.82, 2.24) is 10.2 Å². The molecule has 0 aromatic heterocycles. The van der Waals surface area contributed by atoms with Crippen molar-refractivity contribution in [3.8, 4) is 0 Å². The standard InChI is InChI=1S/C31H38ClN3O4S/c1-23(2)33-31(37)29(21-25-11-6-5-7-12-25)34(22-26-13-8-9-14-28(26)32)30(36)15-10-20-35(40(4,38)39)27-18-16-24(3)17-19-27/h5-9,11-14,16-19,23,29H,10,15,20-22H2,1-4H3,(H,33,37)/t29-/m1/s1. The fourth-order valence-electron chi connectivity index (χ4n) is 4.46. The number of aryl methyl sites for hydroxylation is 1. The largest absolute Gasteiger partial charge is 0.352 e. The fourth-order valence-corrected chi connectivity index (χ4v) is 5.62. The molecule has 0 spiro atoms. The average Bonchev–Trinajstić information content (AvgIpc) is 2.89. The summed E-state index contributed by atoms with van der Waals surface area (Å²) >= 11 is 6.46. The number of sulfonamides is 1. The lowest BCUT2D eigenvalue weighted by atomic mass is 10.0. The molecule has 9 heteroatoms. The predicted octanol–water partition coefficient (Wildman–Crippen LogP) is 5.36. The number of halogens is 1. The van der Waals surface area contributed by atoms with E-state index in [2.05, 4.69) is 5.32 Å². The number of anilines is 1. The van der Waals surface area contributed by atoms with Crippen LogP contribution >= 0.6 is 11.6 Å². The molecule has 0 unspecified atom stereocenters. The summed E-state index contributed by atoms with van der Waals surface area (Å²) in [7, 11) is -3.56. The molecule has 0 aliphatic carbocycles. The van der Waals surface area contributed by atoms with Gasteiger partial charge in [-0.2, -0.15) is 0 Å². The SMILES string of the molecule is Cc1ccc(N(CCCC(=O)N(Cc2ccccc2Cl)[C@H](Cc2ccccc2)C(=O)NC(C)C)S(C)(=O)=O)cc1. The van der Waals surface area contributed by atoms with E-state index < -0.39 is 16.1 Å². The molecule has 214 valence electrons. The molecule has 0 saturated carbocycles. The molecule has 0 radical (unpaired) electrons. The van der Waals surface area contributed by atoms with Crippen molar-refractivity contribution < 1.29 is 18.0 Å². The summed E-state index contributed by atoms with van der Waals surface area (Å²) in [5, 5.41) is 3.47. The summed E-state index contributed by atoms with van der Waals surface area (Å²) in [6.07, 6.45) is 1.82. The Morgan fingerprint density at radius 2 is 1.55 bits per heavy atom. The number of carbonyl (C=O) groups is 2. The molecule has 0 aliphatic rings. The maximum absolute atomic E-state index is 13.8. The zero-order valence-electron chi connectivity index (χ0n) is 23.5. The quantitative estimate of drug-likeness (QED) is 0.293. The summed E-state index contributed by atoms with van der Waals surface area (Å²) in [5.74, 6) is -0.506. The van der Waals surface area contributed by atoms with Crippen LogP contribution in [0.2, 0.25) is 5.02 Å². The lowest BCUT2D eigenvalue weighted by molar-refractivity contribution is -0.141. The highest BCUT2D eigenvalue weighted by molar-refractivity contribution is 7.92. The average molecular weight is 584 g/mol. The van der Waals surface area contributed by atoms with Crippen molar-refractivity contribution >= 4 is 39.1 Å². The second-order valence-corrected chi connectivity index (χ2v) is 12.6. The number of benzene rings is 3. The summed E-state index contributed by atoms with van der Waals surface area (Å²) in [6, 6.07) is 23.1. The molecule has 2 amide bonds. The number of amides is 2. The first-order valence-electron chi connectivity index (χ1n) is 13.4. The normalized spacial score (nSPS) is 12.2. The first kappa shape index (κ1) is 31.2.